The summed E-state index contributed by atoms with van der Waals surface area (Å²) in [5.74, 6) is 0.835. The van der Waals surface area contributed by atoms with Crippen molar-refractivity contribution in [3.63, 3.8) is 0 Å². The summed E-state index contributed by atoms with van der Waals surface area (Å²) in [6.45, 7) is 0. The number of amides is 1. The number of nitrogens with zero attached hydrogens (tertiary/aromatic N) is 2. The predicted octanol–water partition coefficient (Wildman–Crippen LogP) is 4.19. The molecular formula is C21H15N3O2. The highest BCUT2D eigenvalue weighted by atomic mass is 16.5. The standard InChI is InChI=1S/C21H15N3O2/c22-20(25)21-23-18-9-5-4-8-17(18)19(24-21)14-10-12-16(13-11-14)26-15-6-2-1-3-7-15/h1-13H,(H2,22,25). The van der Waals surface area contributed by atoms with Gasteiger partial charge in [-0.1, -0.05) is 36.4 Å². The van der Waals surface area contributed by atoms with Gasteiger partial charge in [0.2, 0.25) is 5.82 Å². The lowest BCUT2D eigenvalue weighted by Gasteiger charge is -2.09. The van der Waals surface area contributed by atoms with E-state index in [1.165, 1.54) is 0 Å². The highest BCUT2D eigenvalue weighted by Gasteiger charge is 2.13. The molecule has 1 aromatic heterocycles. The fraction of sp³-hybridized carbons (Fsp3) is 0. The maximum atomic E-state index is 11.6. The minimum absolute atomic E-state index is 0.00307. The van der Waals surface area contributed by atoms with Gasteiger partial charge in [-0.2, -0.15) is 0 Å². The number of rotatable bonds is 4. The number of ether oxygens (including phenoxy) is 1. The lowest BCUT2D eigenvalue weighted by molar-refractivity contribution is 0.0991. The smallest absolute Gasteiger partial charge is 0.286 e. The summed E-state index contributed by atoms with van der Waals surface area (Å²) in [6, 6.07) is 24.6. The third kappa shape index (κ3) is 3.10. The summed E-state index contributed by atoms with van der Waals surface area (Å²) in [4.78, 5) is 20.1. The van der Waals surface area contributed by atoms with Crippen LogP contribution in [0.15, 0.2) is 78.9 Å². The molecule has 126 valence electrons. The summed E-state index contributed by atoms with van der Waals surface area (Å²) in [5, 5.41) is 0.856. The van der Waals surface area contributed by atoms with Crippen LogP contribution < -0.4 is 10.5 Å². The van der Waals surface area contributed by atoms with E-state index in [2.05, 4.69) is 9.97 Å². The molecule has 0 saturated carbocycles. The van der Waals surface area contributed by atoms with E-state index in [4.69, 9.17) is 10.5 Å². The Morgan fingerprint density at radius 1 is 0.769 bits per heavy atom. The van der Waals surface area contributed by atoms with Crippen LogP contribution in [0.5, 0.6) is 11.5 Å². The van der Waals surface area contributed by atoms with E-state index in [9.17, 15) is 4.79 Å². The number of para-hydroxylation sites is 2. The molecule has 4 rings (SSSR count). The van der Waals surface area contributed by atoms with Gasteiger partial charge in [0, 0.05) is 10.9 Å². The molecule has 0 bridgehead atoms. The maximum Gasteiger partial charge on any atom is 0.286 e. The average Bonchev–Trinajstić information content (AvgIpc) is 2.68. The summed E-state index contributed by atoms with van der Waals surface area (Å²) < 4.78 is 5.81. The van der Waals surface area contributed by atoms with Gasteiger partial charge in [-0.25, -0.2) is 9.97 Å². The molecule has 26 heavy (non-hydrogen) atoms. The van der Waals surface area contributed by atoms with Crippen LogP contribution >= 0.6 is 0 Å². The number of primary amides is 1. The summed E-state index contributed by atoms with van der Waals surface area (Å²) in [7, 11) is 0. The van der Waals surface area contributed by atoms with Crippen LogP contribution in [0, 0.1) is 0 Å². The molecular weight excluding hydrogens is 326 g/mol. The van der Waals surface area contributed by atoms with Gasteiger partial charge in [-0.05, 0) is 42.5 Å². The van der Waals surface area contributed by atoms with Crippen molar-refractivity contribution in [2.45, 2.75) is 0 Å². The van der Waals surface area contributed by atoms with Crippen LogP contribution in [-0.4, -0.2) is 15.9 Å². The number of carbonyl (C=O) groups is 1. The van der Waals surface area contributed by atoms with E-state index in [0.29, 0.717) is 17.0 Å². The first-order chi connectivity index (χ1) is 12.7. The summed E-state index contributed by atoms with van der Waals surface area (Å²) in [6.07, 6.45) is 0. The second kappa shape index (κ2) is 6.64. The summed E-state index contributed by atoms with van der Waals surface area (Å²) in [5.41, 5.74) is 7.57. The minimum atomic E-state index is -0.652. The van der Waals surface area contributed by atoms with Crippen molar-refractivity contribution in [1.82, 2.24) is 9.97 Å². The van der Waals surface area contributed by atoms with Crippen LogP contribution in [0.2, 0.25) is 0 Å². The van der Waals surface area contributed by atoms with Gasteiger partial charge in [-0.15, -0.1) is 0 Å². The molecule has 0 unspecified atom stereocenters. The molecule has 0 fully saturated rings. The van der Waals surface area contributed by atoms with Crippen molar-refractivity contribution < 1.29 is 9.53 Å². The maximum absolute atomic E-state index is 11.6. The quantitative estimate of drug-likeness (QED) is 0.604. The predicted molar refractivity (Wildman–Crippen MR) is 100 cm³/mol. The van der Waals surface area contributed by atoms with E-state index >= 15 is 0 Å². The fourth-order valence-corrected chi connectivity index (χ4v) is 2.71. The van der Waals surface area contributed by atoms with E-state index in [-0.39, 0.29) is 5.82 Å². The number of nitrogens with two attached hydrogens (primary N) is 1. The SMILES string of the molecule is NC(=O)c1nc(-c2ccc(Oc3ccccc3)cc2)c2ccccc2n1. The Bertz CT molecular complexity index is 1080. The highest BCUT2D eigenvalue weighted by molar-refractivity contribution is 5.97. The normalized spacial score (nSPS) is 10.6. The Hall–Kier alpha value is -3.73. The Balaban J connectivity index is 1.74. The molecule has 0 saturated heterocycles. The fourth-order valence-electron chi connectivity index (χ4n) is 2.71. The average molecular weight is 341 g/mol. The van der Waals surface area contributed by atoms with Gasteiger partial charge in [0.15, 0.2) is 0 Å². The molecule has 0 aliphatic heterocycles. The monoisotopic (exact) mass is 341 g/mol. The van der Waals surface area contributed by atoms with Crippen molar-refractivity contribution >= 4 is 16.8 Å². The van der Waals surface area contributed by atoms with Crippen molar-refractivity contribution in [2.24, 2.45) is 5.73 Å². The van der Waals surface area contributed by atoms with Gasteiger partial charge in [-0.3, -0.25) is 4.79 Å². The first-order valence-electron chi connectivity index (χ1n) is 8.10. The second-order valence-corrected chi connectivity index (χ2v) is 5.72. The zero-order valence-corrected chi connectivity index (χ0v) is 13.8. The van der Waals surface area contributed by atoms with Crippen LogP contribution in [0.1, 0.15) is 10.6 Å². The molecule has 0 radical (unpaired) electrons. The minimum Gasteiger partial charge on any atom is -0.457 e. The molecule has 1 heterocycles. The molecule has 5 heteroatoms. The van der Waals surface area contributed by atoms with Gasteiger partial charge in [0.1, 0.15) is 11.5 Å². The Labute approximate surface area is 150 Å². The number of carbonyl (C=O) groups excluding carboxylic acids is 1. The van der Waals surface area contributed by atoms with E-state index in [1.54, 1.807) is 0 Å². The van der Waals surface area contributed by atoms with Crippen LogP contribution in [0.25, 0.3) is 22.2 Å². The van der Waals surface area contributed by atoms with Crippen molar-refractivity contribution in [3.8, 4) is 22.8 Å². The molecule has 1 amide bonds. The lowest BCUT2D eigenvalue weighted by atomic mass is 10.1. The van der Waals surface area contributed by atoms with E-state index < -0.39 is 5.91 Å². The number of aromatic nitrogens is 2. The topological polar surface area (TPSA) is 78.1 Å². The third-order valence-corrected chi connectivity index (χ3v) is 3.93. The Kier molecular flexibility index (Phi) is 4.03. The Morgan fingerprint density at radius 3 is 2.15 bits per heavy atom. The molecule has 4 aromatic rings. The largest absolute Gasteiger partial charge is 0.457 e. The number of hydrogen-bond donors (Lipinski definition) is 1. The van der Waals surface area contributed by atoms with Crippen molar-refractivity contribution in [1.29, 1.82) is 0 Å². The van der Waals surface area contributed by atoms with Crippen LogP contribution in [0.3, 0.4) is 0 Å². The van der Waals surface area contributed by atoms with Crippen LogP contribution in [0.4, 0.5) is 0 Å². The zero-order chi connectivity index (χ0) is 17.9. The zero-order valence-electron chi connectivity index (χ0n) is 13.8. The van der Waals surface area contributed by atoms with Crippen LogP contribution in [-0.2, 0) is 0 Å². The molecule has 5 nitrogen and oxygen atoms in total. The van der Waals surface area contributed by atoms with Gasteiger partial charge in [0.25, 0.3) is 5.91 Å². The summed E-state index contributed by atoms with van der Waals surface area (Å²) >= 11 is 0. The van der Waals surface area contributed by atoms with Crippen molar-refractivity contribution in [2.75, 3.05) is 0 Å². The van der Waals surface area contributed by atoms with Crippen molar-refractivity contribution in [3.05, 3.63) is 84.7 Å². The molecule has 0 atom stereocenters. The van der Waals surface area contributed by atoms with E-state index in [1.807, 2.05) is 78.9 Å². The Morgan fingerprint density at radius 2 is 1.42 bits per heavy atom. The lowest BCUT2D eigenvalue weighted by Crippen LogP contribution is -2.15. The molecule has 0 aliphatic rings. The van der Waals surface area contributed by atoms with Gasteiger partial charge < -0.3 is 10.5 Å². The van der Waals surface area contributed by atoms with E-state index in [0.717, 1.165) is 16.7 Å². The third-order valence-electron chi connectivity index (χ3n) is 3.93. The molecule has 0 spiro atoms. The number of hydrogen-bond acceptors (Lipinski definition) is 4. The molecule has 0 aliphatic carbocycles. The first-order valence-corrected chi connectivity index (χ1v) is 8.10. The highest BCUT2D eigenvalue weighted by Crippen LogP contribution is 2.29. The van der Waals surface area contributed by atoms with Gasteiger partial charge in [0.05, 0.1) is 11.2 Å². The molecule has 3 aromatic carbocycles. The second-order valence-electron chi connectivity index (χ2n) is 5.72. The van der Waals surface area contributed by atoms with Gasteiger partial charge >= 0.3 is 0 Å². The molecule has 2 N–H and O–H groups in total. The first kappa shape index (κ1) is 15.8. The number of fused-ring (bicyclic) bond motifs is 1. The number of benzene rings is 3.